The Morgan fingerprint density at radius 1 is 1.08 bits per heavy atom. The molecule has 0 saturated heterocycles. The van der Waals surface area contributed by atoms with Crippen LogP contribution in [0.1, 0.15) is 18.1 Å². The van der Waals surface area contributed by atoms with Crippen LogP contribution in [-0.2, 0) is 20.9 Å². The van der Waals surface area contributed by atoms with Crippen molar-refractivity contribution in [3.8, 4) is 0 Å². The molecular formula is C21H20N2O3. The van der Waals surface area contributed by atoms with Gasteiger partial charge in [0, 0.05) is 6.54 Å². The van der Waals surface area contributed by atoms with Crippen molar-refractivity contribution in [2.24, 2.45) is 0 Å². The zero-order valence-electron chi connectivity index (χ0n) is 14.5. The van der Waals surface area contributed by atoms with Gasteiger partial charge in [-0.1, -0.05) is 60.7 Å². The van der Waals surface area contributed by atoms with Gasteiger partial charge in [0.2, 0.25) is 0 Å². The van der Waals surface area contributed by atoms with E-state index in [1.54, 1.807) is 6.92 Å². The van der Waals surface area contributed by atoms with Crippen molar-refractivity contribution in [1.29, 1.82) is 0 Å². The fraction of sp³-hybridized carbons (Fsp3) is 0.143. The summed E-state index contributed by atoms with van der Waals surface area (Å²) in [6, 6.07) is 19.4. The number of esters is 1. The monoisotopic (exact) mass is 348 g/mol. The fourth-order valence-corrected chi connectivity index (χ4v) is 2.69. The lowest BCUT2D eigenvalue weighted by molar-refractivity contribution is -0.140. The number of ether oxygens (including phenoxy) is 1. The van der Waals surface area contributed by atoms with Crippen LogP contribution in [0, 0.1) is 0 Å². The average molecular weight is 348 g/mol. The molecule has 1 heterocycles. The van der Waals surface area contributed by atoms with Gasteiger partial charge in [0.1, 0.15) is 5.57 Å². The highest BCUT2D eigenvalue weighted by molar-refractivity contribution is 6.20. The summed E-state index contributed by atoms with van der Waals surface area (Å²) in [6.07, 6.45) is 1.83. The van der Waals surface area contributed by atoms with E-state index in [0.29, 0.717) is 17.9 Å². The Kier molecular flexibility index (Phi) is 5.49. The predicted octanol–water partition coefficient (Wildman–Crippen LogP) is 2.76. The third-order valence-electron chi connectivity index (χ3n) is 3.90. The largest absolute Gasteiger partial charge is 0.462 e. The Labute approximate surface area is 152 Å². The molecule has 1 aliphatic heterocycles. The van der Waals surface area contributed by atoms with E-state index in [2.05, 4.69) is 10.6 Å². The molecule has 0 aromatic heterocycles. The van der Waals surface area contributed by atoms with Crippen LogP contribution in [0.2, 0.25) is 0 Å². The van der Waals surface area contributed by atoms with Gasteiger partial charge >= 0.3 is 5.97 Å². The molecule has 0 bridgehead atoms. The van der Waals surface area contributed by atoms with E-state index < -0.39 is 11.9 Å². The Morgan fingerprint density at radius 3 is 2.38 bits per heavy atom. The van der Waals surface area contributed by atoms with Crippen LogP contribution >= 0.6 is 0 Å². The summed E-state index contributed by atoms with van der Waals surface area (Å²) in [6.45, 7) is 2.41. The summed E-state index contributed by atoms with van der Waals surface area (Å²) in [5.41, 5.74) is 2.99. The standard InChI is InChI=1S/C21H20N2O3/c1-2-26-21(25)18-19(22-14-16-11-7-4-8-12-16)17(23-20(18)24)13-15-9-5-3-6-10-15/h3-13,22H,2,14H2,1H3,(H,23,24)/b17-13-. The molecule has 1 aliphatic rings. The van der Waals surface area contributed by atoms with Gasteiger partial charge in [0.25, 0.3) is 5.91 Å². The van der Waals surface area contributed by atoms with E-state index in [4.69, 9.17) is 4.74 Å². The van der Waals surface area contributed by atoms with Gasteiger partial charge < -0.3 is 15.4 Å². The van der Waals surface area contributed by atoms with Crippen molar-refractivity contribution in [2.45, 2.75) is 13.5 Å². The second-order valence-electron chi connectivity index (χ2n) is 5.73. The van der Waals surface area contributed by atoms with Crippen LogP contribution in [0.5, 0.6) is 0 Å². The molecule has 3 rings (SSSR count). The number of nitrogens with one attached hydrogen (secondary N) is 2. The Hall–Kier alpha value is -3.34. The van der Waals surface area contributed by atoms with Crippen molar-refractivity contribution in [1.82, 2.24) is 10.6 Å². The number of benzene rings is 2. The first-order chi connectivity index (χ1) is 12.7. The molecule has 0 atom stereocenters. The van der Waals surface area contributed by atoms with Crippen LogP contribution in [0.3, 0.4) is 0 Å². The van der Waals surface area contributed by atoms with E-state index in [1.807, 2.05) is 66.7 Å². The summed E-state index contributed by atoms with van der Waals surface area (Å²) < 4.78 is 5.05. The Balaban J connectivity index is 1.94. The summed E-state index contributed by atoms with van der Waals surface area (Å²) in [5, 5.41) is 5.98. The first-order valence-corrected chi connectivity index (χ1v) is 8.46. The van der Waals surface area contributed by atoms with Gasteiger partial charge in [-0.3, -0.25) is 4.79 Å². The second-order valence-corrected chi connectivity index (χ2v) is 5.73. The molecule has 5 nitrogen and oxygen atoms in total. The van der Waals surface area contributed by atoms with E-state index >= 15 is 0 Å². The summed E-state index contributed by atoms with van der Waals surface area (Å²) >= 11 is 0. The molecule has 5 heteroatoms. The SMILES string of the molecule is CCOC(=O)C1=C(NCc2ccccc2)/C(=C/c2ccccc2)NC1=O. The van der Waals surface area contributed by atoms with Gasteiger partial charge in [-0.15, -0.1) is 0 Å². The summed E-state index contributed by atoms with van der Waals surface area (Å²) in [7, 11) is 0. The van der Waals surface area contributed by atoms with Gasteiger partial charge in [0.05, 0.1) is 18.0 Å². The highest BCUT2D eigenvalue weighted by Crippen LogP contribution is 2.22. The molecule has 2 aromatic rings. The minimum atomic E-state index is -0.628. The lowest BCUT2D eigenvalue weighted by Gasteiger charge is -2.11. The molecule has 0 spiro atoms. The van der Waals surface area contributed by atoms with Crippen molar-refractivity contribution >= 4 is 18.0 Å². The average Bonchev–Trinajstić information content (AvgIpc) is 2.97. The third kappa shape index (κ3) is 4.00. The number of carbonyl (C=O) groups excluding carboxylic acids is 2. The molecule has 0 saturated carbocycles. The molecule has 0 unspecified atom stereocenters. The van der Waals surface area contributed by atoms with Crippen LogP contribution in [-0.4, -0.2) is 18.5 Å². The molecule has 0 radical (unpaired) electrons. The Morgan fingerprint density at radius 2 is 1.73 bits per heavy atom. The van der Waals surface area contributed by atoms with E-state index in [0.717, 1.165) is 11.1 Å². The lowest BCUT2D eigenvalue weighted by atomic mass is 10.1. The normalized spacial score (nSPS) is 15.1. The smallest absolute Gasteiger partial charge is 0.345 e. The van der Waals surface area contributed by atoms with Gasteiger partial charge in [-0.25, -0.2) is 4.79 Å². The number of carbonyl (C=O) groups is 2. The van der Waals surface area contributed by atoms with Gasteiger partial charge in [0.15, 0.2) is 0 Å². The minimum Gasteiger partial charge on any atom is -0.462 e. The van der Waals surface area contributed by atoms with Crippen molar-refractivity contribution in [3.63, 3.8) is 0 Å². The molecule has 132 valence electrons. The maximum Gasteiger partial charge on any atom is 0.345 e. The highest BCUT2D eigenvalue weighted by atomic mass is 16.5. The van der Waals surface area contributed by atoms with E-state index in [-0.39, 0.29) is 12.2 Å². The highest BCUT2D eigenvalue weighted by Gasteiger charge is 2.33. The maximum absolute atomic E-state index is 12.4. The second kappa shape index (κ2) is 8.16. The summed E-state index contributed by atoms with van der Waals surface area (Å²) in [4.78, 5) is 24.6. The lowest BCUT2D eigenvalue weighted by Crippen LogP contribution is -2.21. The van der Waals surface area contributed by atoms with Gasteiger partial charge in [-0.2, -0.15) is 0 Å². The third-order valence-corrected chi connectivity index (χ3v) is 3.90. The number of hydrogen-bond donors (Lipinski definition) is 2. The number of amides is 1. The zero-order valence-corrected chi connectivity index (χ0v) is 14.5. The minimum absolute atomic E-state index is 0.00459. The van der Waals surface area contributed by atoms with Crippen LogP contribution < -0.4 is 10.6 Å². The molecule has 0 aliphatic carbocycles. The maximum atomic E-state index is 12.4. The van der Waals surface area contributed by atoms with Crippen LogP contribution in [0.15, 0.2) is 77.6 Å². The molecule has 1 amide bonds. The number of hydrogen-bond acceptors (Lipinski definition) is 4. The van der Waals surface area contributed by atoms with E-state index in [1.165, 1.54) is 0 Å². The molecular weight excluding hydrogens is 328 g/mol. The molecule has 0 fully saturated rings. The molecule has 26 heavy (non-hydrogen) atoms. The fourth-order valence-electron chi connectivity index (χ4n) is 2.69. The predicted molar refractivity (Wildman–Crippen MR) is 99.5 cm³/mol. The van der Waals surface area contributed by atoms with E-state index in [9.17, 15) is 9.59 Å². The zero-order chi connectivity index (χ0) is 18.4. The quantitative estimate of drug-likeness (QED) is 0.622. The first-order valence-electron chi connectivity index (χ1n) is 8.46. The summed E-state index contributed by atoms with van der Waals surface area (Å²) in [5.74, 6) is -1.08. The molecule has 2 N–H and O–H groups in total. The van der Waals surface area contributed by atoms with Crippen molar-refractivity contribution < 1.29 is 14.3 Å². The topological polar surface area (TPSA) is 67.4 Å². The van der Waals surface area contributed by atoms with Crippen molar-refractivity contribution in [3.05, 3.63) is 88.8 Å². The first kappa shape index (κ1) is 17.5. The van der Waals surface area contributed by atoms with Gasteiger partial charge in [-0.05, 0) is 24.1 Å². The Bertz CT molecular complexity index is 855. The number of rotatable bonds is 6. The van der Waals surface area contributed by atoms with Crippen LogP contribution in [0.25, 0.3) is 6.08 Å². The molecule has 2 aromatic carbocycles. The van der Waals surface area contributed by atoms with Crippen LogP contribution in [0.4, 0.5) is 0 Å². The van der Waals surface area contributed by atoms with Crippen molar-refractivity contribution in [2.75, 3.05) is 6.61 Å².